The van der Waals surface area contributed by atoms with E-state index in [0.29, 0.717) is 0 Å². The van der Waals surface area contributed by atoms with Gasteiger partial charge in [-0.25, -0.2) is 0 Å². The predicted octanol–water partition coefficient (Wildman–Crippen LogP) is 4.42. The second-order valence-electron chi connectivity index (χ2n) is 4.55. The number of halogens is 1. The van der Waals surface area contributed by atoms with Gasteiger partial charge in [0, 0.05) is 25.8 Å². The molecule has 0 aliphatic heterocycles. The van der Waals surface area contributed by atoms with Crippen LogP contribution < -0.4 is 5.73 Å². The highest BCUT2D eigenvalue weighted by Crippen LogP contribution is 2.29. The van der Waals surface area contributed by atoms with Crippen LogP contribution in [-0.2, 0) is 0 Å². The maximum atomic E-state index is 6.32. The van der Waals surface area contributed by atoms with Gasteiger partial charge < -0.3 is 5.73 Å². The van der Waals surface area contributed by atoms with Crippen molar-refractivity contribution in [2.24, 2.45) is 5.73 Å². The Morgan fingerprint density at radius 2 is 2.05 bits per heavy atom. The molecular formula is C15H13BrN2S. The summed E-state index contributed by atoms with van der Waals surface area (Å²) in [5.41, 5.74) is 9.49. The Bertz CT molecular complexity index is 736. The lowest BCUT2D eigenvalue weighted by molar-refractivity contribution is 0.895. The van der Waals surface area contributed by atoms with Crippen LogP contribution in [0.3, 0.4) is 0 Å². The number of hydrogen-bond donors (Lipinski definition) is 1. The highest BCUT2D eigenvalue weighted by molar-refractivity contribution is 9.10. The molecule has 0 radical (unpaired) electrons. The number of aryl methyl sites for hydroxylation is 1. The van der Waals surface area contributed by atoms with E-state index in [1.807, 2.05) is 19.1 Å². The molecule has 3 aromatic rings. The molecule has 2 nitrogen and oxygen atoms in total. The molecular weight excluding hydrogens is 320 g/mol. The van der Waals surface area contributed by atoms with Crippen LogP contribution in [0.1, 0.15) is 22.2 Å². The topological polar surface area (TPSA) is 38.9 Å². The normalized spacial score (nSPS) is 12.8. The fraction of sp³-hybridized carbons (Fsp3) is 0.133. The maximum Gasteiger partial charge on any atom is 0.0705 e. The van der Waals surface area contributed by atoms with Crippen LogP contribution >= 0.6 is 27.3 Å². The molecule has 2 N–H and O–H groups in total. The van der Waals surface area contributed by atoms with Gasteiger partial charge in [0.15, 0.2) is 0 Å². The third-order valence-electron chi connectivity index (χ3n) is 3.11. The van der Waals surface area contributed by atoms with Crippen molar-refractivity contribution >= 4 is 38.2 Å². The first-order valence-corrected chi connectivity index (χ1v) is 7.67. The minimum Gasteiger partial charge on any atom is -0.320 e. The van der Waals surface area contributed by atoms with E-state index < -0.39 is 0 Å². The zero-order valence-electron chi connectivity index (χ0n) is 10.4. The summed E-state index contributed by atoms with van der Waals surface area (Å²) in [4.78, 5) is 5.67. The zero-order valence-corrected chi connectivity index (χ0v) is 12.8. The second kappa shape index (κ2) is 5.04. The average molecular weight is 333 g/mol. The van der Waals surface area contributed by atoms with Gasteiger partial charge >= 0.3 is 0 Å². The van der Waals surface area contributed by atoms with Crippen LogP contribution in [0.25, 0.3) is 10.9 Å². The first-order chi connectivity index (χ1) is 9.13. The molecule has 1 unspecified atom stereocenters. The average Bonchev–Trinajstić information content (AvgIpc) is 2.84. The van der Waals surface area contributed by atoms with Crippen LogP contribution in [0, 0.1) is 6.92 Å². The van der Waals surface area contributed by atoms with Gasteiger partial charge in [0.05, 0.1) is 11.6 Å². The Morgan fingerprint density at radius 3 is 2.79 bits per heavy atom. The highest BCUT2D eigenvalue weighted by atomic mass is 79.9. The van der Waals surface area contributed by atoms with Gasteiger partial charge in [0.1, 0.15) is 0 Å². The molecule has 96 valence electrons. The minimum absolute atomic E-state index is 0.0815. The third kappa shape index (κ3) is 2.56. The molecule has 0 bridgehead atoms. The summed E-state index contributed by atoms with van der Waals surface area (Å²) < 4.78 is 1.08. The van der Waals surface area contributed by atoms with E-state index in [1.54, 1.807) is 11.3 Å². The lowest BCUT2D eigenvalue weighted by atomic mass is 10.0. The van der Waals surface area contributed by atoms with Gasteiger partial charge in [-0.1, -0.05) is 12.1 Å². The van der Waals surface area contributed by atoms with Gasteiger partial charge in [0.25, 0.3) is 0 Å². The number of fused-ring (bicyclic) bond motifs is 1. The number of rotatable bonds is 2. The largest absolute Gasteiger partial charge is 0.320 e. The van der Waals surface area contributed by atoms with Gasteiger partial charge in [0.2, 0.25) is 0 Å². The fourth-order valence-electron chi connectivity index (χ4n) is 2.10. The first-order valence-electron chi connectivity index (χ1n) is 6.00. The molecule has 3 rings (SSSR count). The smallest absolute Gasteiger partial charge is 0.0705 e. The van der Waals surface area contributed by atoms with Gasteiger partial charge in [-0.3, -0.25) is 4.98 Å². The molecule has 0 aliphatic rings. The molecule has 19 heavy (non-hydrogen) atoms. The van der Waals surface area contributed by atoms with Crippen molar-refractivity contribution in [1.82, 2.24) is 4.98 Å². The van der Waals surface area contributed by atoms with Crippen LogP contribution in [0.4, 0.5) is 0 Å². The summed E-state index contributed by atoms with van der Waals surface area (Å²) in [5.74, 6) is 0. The molecule has 4 heteroatoms. The van der Waals surface area contributed by atoms with E-state index in [2.05, 4.69) is 50.6 Å². The zero-order chi connectivity index (χ0) is 13.4. The van der Waals surface area contributed by atoms with E-state index in [4.69, 9.17) is 5.73 Å². The molecule has 2 heterocycles. The van der Waals surface area contributed by atoms with Gasteiger partial charge in [-0.15, -0.1) is 11.3 Å². The Morgan fingerprint density at radius 1 is 1.21 bits per heavy atom. The number of aromatic nitrogens is 1. The van der Waals surface area contributed by atoms with Crippen LogP contribution in [-0.4, -0.2) is 4.98 Å². The van der Waals surface area contributed by atoms with E-state index in [0.717, 1.165) is 31.5 Å². The number of pyridine rings is 1. The molecule has 0 saturated heterocycles. The molecule has 0 spiro atoms. The highest BCUT2D eigenvalue weighted by Gasteiger charge is 2.11. The number of thiophene rings is 1. The molecule has 2 aromatic heterocycles. The van der Waals surface area contributed by atoms with Crippen molar-refractivity contribution in [3.8, 4) is 0 Å². The van der Waals surface area contributed by atoms with E-state index in [-0.39, 0.29) is 6.04 Å². The number of hydrogen-bond acceptors (Lipinski definition) is 3. The Kier molecular flexibility index (Phi) is 3.39. The second-order valence-corrected chi connectivity index (χ2v) is 6.41. The maximum absolute atomic E-state index is 6.32. The number of nitrogens with zero attached hydrogens (tertiary/aromatic N) is 1. The molecule has 1 aromatic carbocycles. The summed E-state index contributed by atoms with van der Waals surface area (Å²) in [6, 6.07) is 12.3. The van der Waals surface area contributed by atoms with Crippen molar-refractivity contribution < 1.29 is 0 Å². The van der Waals surface area contributed by atoms with E-state index in [9.17, 15) is 0 Å². The fourth-order valence-corrected chi connectivity index (χ4v) is 3.57. The summed E-state index contributed by atoms with van der Waals surface area (Å²) >= 11 is 5.14. The number of benzene rings is 1. The summed E-state index contributed by atoms with van der Waals surface area (Å²) in [5, 5.41) is 3.19. The molecule has 0 amide bonds. The van der Waals surface area contributed by atoms with Gasteiger partial charge in [-0.05, 0) is 52.7 Å². The molecule has 1 atom stereocenters. The van der Waals surface area contributed by atoms with Crippen LogP contribution in [0.15, 0.2) is 46.3 Å². The molecule has 0 fully saturated rings. The Labute approximate surface area is 124 Å². The molecule has 0 aliphatic carbocycles. The van der Waals surface area contributed by atoms with Crippen LogP contribution in [0.2, 0.25) is 0 Å². The van der Waals surface area contributed by atoms with Crippen molar-refractivity contribution in [2.75, 3.05) is 0 Å². The van der Waals surface area contributed by atoms with Crippen molar-refractivity contribution in [3.63, 3.8) is 0 Å². The van der Waals surface area contributed by atoms with Gasteiger partial charge in [-0.2, -0.15) is 0 Å². The SMILES string of the molecule is Cc1ccc2cc(C(N)c3cc(Br)cs3)ccc2n1. The minimum atomic E-state index is -0.0815. The lowest BCUT2D eigenvalue weighted by Crippen LogP contribution is -2.10. The van der Waals surface area contributed by atoms with Crippen molar-refractivity contribution in [1.29, 1.82) is 0 Å². The Hall–Kier alpha value is -1.23. The van der Waals surface area contributed by atoms with E-state index in [1.165, 1.54) is 0 Å². The third-order valence-corrected chi connectivity index (χ3v) is 4.88. The van der Waals surface area contributed by atoms with Crippen LogP contribution in [0.5, 0.6) is 0 Å². The van der Waals surface area contributed by atoms with E-state index >= 15 is 0 Å². The molecule has 0 saturated carbocycles. The standard InChI is InChI=1S/C15H13BrN2S/c1-9-2-3-10-6-11(4-5-13(10)18-9)15(17)14-7-12(16)8-19-14/h2-8,15H,17H2,1H3. The predicted molar refractivity (Wildman–Crippen MR) is 84.5 cm³/mol. The number of nitrogens with two attached hydrogens (primary N) is 1. The first kappa shape index (κ1) is 12.8. The van der Waals surface area contributed by atoms with Crippen molar-refractivity contribution in [2.45, 2.75) is 13.0 Å². The summed E-state index contributed by atoms with van der Waals surface area (Å²) in [7, 11) is 0. The quantitative estimate of drug-likeness (QED) is 0.754. The Balaban J connectivity index is 2.03. The summed E-state index contributed by atoms with van der Waals surface area (Å²) in [6.07, 6.45) is 0. The summed E-state index contributed by atoms with van der Waals surface area (Å²) in [6.45, 7) is 2.00. The monoisotopic (exact) mass is 332 g/mol. The van der Waals surface area contributed by atoms with Crippen molar-refractivity contribution in [3.05, 3.63) is 62.4 Å². The lowest BCUT2D eigenvalue weighted by Gasteiger charge is -2.11.